The molecule has 2 fully saturated rings. The molecular formula is C30H27N2+. The molecule has 2 aliphatic carbocycles. The van der Waals surface area contributed by atoms with E-state index in [0.29, 0.717) is 0 Å². The summed E-state index contributed by atoms with van der Waals surface area (Å²) in [6.45, 7) is 2.27. The van der Waals surface area contributed by atoms with Crippen LogP contribution in [0.4, 0.5) is 0 Å². The van der Waals surface area contributed by atoms with E-state index in [1.54, 1.807) is 5.56 Å². The fourth-order valence-corrected chi connectivity index (χ4v) is 7.56. The average molecular weight is 416 g/mol. The lowest BCUT2D eigenvalue weighted by atomic mass is 9.82. The van der Waals surface area contributed by atoms with Crippen molar-refractivity contribution in [3.63, 3.8) is 0 Å². The van der Waals surface area contributed by atoms with Gasteiger partial charge in [0.25, 0.3) is 0 Å². The number of hydrogen-bond donors (Lipinski definition) is 0. The van der Waals surface area contributed by atoms with E-state index in [2.05, 4.69) is 83.7 Å². The zero-order chi connectivity index (χ0) is 21.1. The molecule has 3 aromatic carbocycles. The van der Waals surface area contributed by atoms with Crippen molar-refractivity contribution in [2.75, 3.05) is 0 Å². The Morgan fingerprint density at radius 1 is 0.875 bits per heavy atom. The number of aromatic nitrogens is 2. The molecule has 156 valence electrons. The van der Waals surface area contributed by atoms with Gasteiger partial charge in [0.05, 0.1) is 27.3 Å². The predicted molar refractivity (Wildman–Crippen MR) is 133 cm³/mol. The van der Waals surface area contributed by atoms with Crippen molar-refractivity contribution in [1.82, 2.24) is 4.40 Å². The van der Waals surface area contributed by atoms with Gasteiger partial charge >= 0.3 is 0 Å². The first-order chi connectivity index (χ1) is 15.7. The number of para-hydroxylation sites is 1. The molecule has 2 aliphatic rings. The largest absolute Gasteiger partial charge is 0.307 e. The van der Waals surface area contributed by atoms with E-state index in [1.807, 2.05) is 0 Å². The molecular weight excluding hydrogens is 388 g/mol. The van der Waals surface area contributed by atoms with Crippen molar-refractivity contribution in [2.24, 2.45) is 18.9 Å². The van der Waals surface area contributed by atoms with Gasteiger partial charge in [-0.15, -0.1) is 0 Å². The molecule has 2 bridgehead atoms. The highest BCUT2D eigenvalue weighted by atomic mass is 15.0. The number of rotatable bonds is 1. The lowest BCUT2D eigenvalue weighted by Gasteiger charge is -2.23. The Labute approximate surface area is 187 Å². The predicted octanol–water partition coefficient (Wildman–Crippen LogP) is 7.03. The van der Waals surface area contributed by atoms with Crippen molar-refractivity contribution in [1.29, 1.82) is 0 Å². The molecule has 6 aromatic rings. The van der Waals surface area contributed by atoms with Gasteiger partial charge in [0, 0.05) is 16.8 Å². The zero-order valence-electron chi connectivity index (χ0n) is 18.7. The molecule has 32 heavy (non-hydrogen) atoms. The van der Waals surface area contributed by atoms with E-state index in [4.69, 9.17) is 0 Å². The molecule has 0 radical (unpaired) electrons. The summed E-state index contributed by atoms with van der Waals surface area (Å²) in [5, 5.41) is 6.93. The molecule has 3 unspecified atom stereocenters. The van der Waals surface area contributed by atoms with Gasteiger partial charge in [0.2, 0.25) is 5.52 Å². The second kappa shape index (κ2) is 5.81. The third-order valence-corrected chi connectivity index (χ3v) is 8.93. The molecule has 3 heterocycles. The van der Waals surface area contributed by atoms with Gasteiger partial charge in [0.15, 0.2) is 6.20 Å². The van der Waals surface area contributed by atoms with Gasteiger partial charge in [-0.3, -0.25) is 0 Å². The van der Waals surface area contributed by atoms with Crippen LogP contribution in [0.5, 0.6) is 0 Å². The number of pyridine rings is 2. The van der Waals surface area contributed by atoms with E-state index in [1.165, 1.54) is 80.2 Å². The summed E-state index contributed by atoms with van der Waals surface area (Å²) < 4.78 is 4.92. The van der Waals surface area contributed by atoms with Crippen molar-refractivity contribution < 1.29 is 4.57 Å². The summed E-state index contributed by atoms with van der Waals surface area (Å²) in [5.41, 5.74) is 8.39. The van der Waals surface area contributed by atoms with Crippen LogP contribution in [0.25, 0.3) is 49.0 Å². The van der Waals surface area contributed by atoms with Crippen LogP contribution in [0.2, 0.25) is 0 Å². The normalized spacial score (nSPS) is 23.1. The number of aryl methyl sites for hydroxylation is 2. The summed E-state index contributed by atoms with van der Waals surface area (Å²) in [7, 11) is 2.21. The van der Waals surface area contributed by atoms with Gasteiger partial charge in [0.1, 0.15) is 7.05 Å². The first kappa shape index (κ1) is 17.4. The molecule has 2 saturated carbocycles. The van der Waals surface area contributed by atoms with Crippen LogP contribution < -0.4 is 4.57 Å². The highest BCUT2D eigenvalue weighted by Crippen LogP contribution is 2.53. The van der Waals surface area contributed by atoms with Gasteiger partial charge in [-0.2, -0.15) is 0 Å². The number of benzene rings is 3. The quantitative estimate of drug-likeness (QED) is 0.155. The zero-order valence-corrected chi connectivity index (χ0v) is 18.7. The molecule has 2 heteroatoms. The Hall–Kier alpha value is -3.13. The van der Waals surface area contributed by atoms with Crippen LogP contribution in [-0.2, 0) is 7.05 Å². The monoisotopic (exact) mass is 415 g/mol. The van der Waals surface area contributed by atoms with E-state index in [-0.39, 0.29) is 0 Å². The van der Waals surface area contributed by atoms with Gasteiger partial charge in [-0.25, -0.2) is 4.57 Å². The minimum absolute atomic E-state index is 0.739. The fraction of sp³-hybridized carbons (Fsp3) is 0.300. The fourth-order valence-electron chi connectivity index (χ4n) is 7.56. The Morgan fingerprint density at radius 3 is 2.62 bits per heavy atom. The highest BCUT2D eigenvalue weighted by molar-refractivity contribution is 6.25. The summed E-state index contributed by atoms with van der Waals surface area (Å²) in [5.74, 6) is 2.59. The van der Waals surface area contributed by atoms with Gasteiger partial charge < -0.3 is 4.40 Å². The Balaban J connectivity index is 1.64. The van der Waals surface area contributed by atoms with Crippen LogP contribution in [0.3, 0.4) is 0 Å². The second-order valence-electron chi connectivity index (χ2n) is 10.6. The molecule has 0 N–H and O–H groups in total. The first-order valence-corrected chi connectivity index (χ1v) is 12.2. The Bertz CT molecular complexity index is 1720. The SMILES string of the molecule is Cc1ccc2c3ccccc3n3c4cc(C5CC6CCC5C6)cc5cc[n+](C)c(c1c23)c54. The standard InChI is InChI=1S/C30H27N2/c1-17-7-10-23-22-5-3-4-6-25(22)32-26-16-21(24-14-18-8-9-19(24)13-18)15-20-11-12-31(2)30(28(20)26)27(17)29(23)32/h3-7,10-12,15-16,18-19,24H,8-9,13-14H2,1-2H3/q+1. The van der Waals surface area contributed by atoms with E-state index in [0.717, 1.165) is 17.8 Å². The minimum Gasteiger partial charge on any atom is -0.307 e. The molecule has 3 atom stereocenters. The summed E-state index contributed by atoms with van der Waals surface area (Å²) >= 11 is 0. The van der Waals surface area contributed by atoms with E-state index < -0.39 is 0 Å². The first-order valence-electron chi connectivity index (χ1n) is 12.2. The second-order valence-corrected chi connectivity index (χ2v) is 10.6. The average Bonchev–Trinajstić information content (AvgIpc) is 3.53. The summed E-state index contributed by atoms with van der Waals surface area (Å²) in [6, 6.07) is 21.0. The van der Waals surface area contributed by atoms with E-state index in [9.17, 15) is 0 Å². The number of nitrogens with zero attached hydrogens (tertiary/aromatic N) is 2. The van der Waals surface area contributed by atoms with Crippen molar-refractivity contribution in [2.45, 2.75) is 38.5 Å². The summed E-state index contributed by atoms with van der Waals surface area (Å²) in [4.78, 5) is 0. The molecule has 2 nitrogen and oxygen atoms in total. The minimum atomic E-state index is 0.739. The maximum atomic E-state index is 2.58. The van der Waals surface area contributed by atoms with Crippen molar-refractivity contribution >= 4 is 49.0 Å². The van der Waals surface area contributed by atoms with Crippen LogP contribution in [-0.4, -0.2) is 4.40 Å². The molecule has 3 aromatic heterocycles. The maximum Gasteiger partial charge on any atom is 0.224 e. The molecule has 0 aliphatic heterocycles. The third-order valence-electron chi connectivity index (χ3n) is 8.93. The van der Waals surface area contributed by atoms with Gasteiger partial charge in [-0.1, -0.05) is 42.8 Å². The van der Waals surface area contributed by atoms with Crippen LogP contribution in [0.1, 0.15) is 42.7 Å². The van der Waals surface area contributed by atoms with Crippen LogP contribution in [0, 0.1) is 18.8 Å². The molecule has 0 spiro atoms. The lowest BCUT2D eigenvalue weighted by molar-refractivity contribution is -0.643. The smallest absolute Gasteiger partial charge is 0.224 e. The van der Waals surface area contributed by atoms with E-state index >= 15 is 0 Å². The topological polar surface area (TPSA) is 8.29 Å². The Morgan fingerprint density at radius 2 is 1.78 bits per heavy atom. The van der Waals surface area contributed by atoms with Gasteiger partial charge in [-0.05, 0) is 72.6 Å². The Kier molecular flexibility index (Phi) is 3.16. The third kappa shape index (κ3) is 2.00. The summed E-state index contributed by atoms with van der Waals surface area (Å²) in [6.07, 6.45) is 7.99. The number of hydrogen-bond acceptors (Lipinski definition) is 0. The van der Waals surface area contributed by atoms with Crippen LogP contribution in [0.15, 0.2) is 60.8 Å². The van der Waals surface area contributed by atoms with Crippen molar-refractivity contribution in [3.05, 3.63) is 71.9 Å². The maximum absolute atomic E-state index is 2.58. The molecule has 8 rings (SSSR count). The molecule has 0 saturated heterocycles. The van der Waals surface area contributed by atoms with Crippen molar-refractivity contribution in [3.8, 4) is 0 Å². The van der Waals surface area contributed by atoms with Crippen LogP contribution >= 0.6 is 0 Å². The highest BCUT2D eigenvalue weighted by Gasteiger charge is 2.40. The lowest BCUT2D eigenvalue weighted by Crippen LogP contribution is -2.29. The number of fused-ring (bicyclic) bond motifs is 7. The molecule has 0 amide bonds.